The molecule has 2 aromatic rings. The lowest BCUT2D eigenvalue weighted by Crippen LogP contribution is -2.30. The zero-order valence-electron chi connectivity index (χ0n) is 15.4. The van der Waals surface area contributed by atoms with Gasteiger partial charge in [0.15, 0.2) is 0 Å². The van der Waals surface area contributed by atoms with Crippen molar-refractivity contribution in [2.75, 3.05) is 38.2 Å². The van der Waals surface area contributed by atoms with Gasteiger partial charge >= 0.3 is 0 Å². The highest BCUT2D eigenvalue weighted by atomic mass is 32.1. The Kier molecular flexibility index (Phi) is 6.70. The first kappa shape index (κ1) is 18.2. The normalized spacial score (nSPS) is 16.0. The molecule has 1 fully saturated rings. The Morgan fingerprint density at radius 1 is 1.12 bits per heavy atom. The number of anilines is 1. The molecule has 0 bridgehead atoms. The molecule has 1 aliphatic heterocycles. The minimum absolute atomic E-state index is 0.919. The smallest absolute Gasteiger partial charge is 0.119 e. The first-order valence-corrected chi connectivity index (χ1v) is 10.2. The van der Waals surface area contributed by atoms with E-state index in [9.17, 15) is 0 Å². The summed E-state index contributed by atoms with van der Waals surface area (Å²) in [7, 11) is 1.71. The maximum Gasteiger partial charge on any atom is 0.119 e. The highest BCUT2D eigenvalue weighted by Gasteiger charge is 2.16. The summed E-state index contributed by atoms with van der Waals surface area (Å²) in [5.41, 5.74) is 2.53. The zero-order valence-corrected chi connectivity index (χ0v) is 16.2. The molecule has 5 heteroatoms. The van der Waals surface area contributed by atoms with E-state index in [0.29, 0.717) is 0 Å². The largest absolute Gasteiger partial charge is 0.497 e. The minimum Gasteiger partial charge on any atom is -0.497 e. The predicted octanol–water partition coefficient (Wildman–Crippen LogP) is 4.21. The van der Waals surface area contributed by atoms with Gasteiger partial charge < -0.3 is 9.64 Å². The SMILES string of the molecule is CCCCc1nc(CN2CCCN(c3ccc(OC)cc3)CC2)cs1. The zero-order chi connectivity index (χ0) is 17.5. The van der Waals surface area contributed by atoms with E-state index in [-0.39, 0.29) is 0 Å². The van der Waals surface area contributed by atoms with Crippen LogP contribution in [0.2, 0.25) is 0 Å². The Balaban J connectivity index is 1.53. The van der Waals surface area contributed by atoms with Gasteiger partial charge in [-0.2, -0.15) is 0 Å². The van der Waals surface area contributed by atoms with Crippen molar-refractivity contribution in [1.29, 1.82) is 0 Å². The molecule has 1 aromatic heterocycles. The molecule has 2 heterocycles. The number of methoxy groups -OCH3 is 1. The Hall–Kier alpha value is -1.59. The Bertz CT molecular complexity index is 641. The lowest BCUT2D eigenvalue weighted by Gasteiger charge is -2.23. The van der Waals surface area contributed by atoms with Crippen molar-refractivity contribution in [1.82, 2.24) is 9.88 Å². The fourth-order valence-corrected chi connectivity index (χ4v) is 4.11. The predicted molar refractivity (Wildman–Crippen MR) is 106 cm³/mol. The molecule has 25 heavy (non-hydrogen) atoms. The summed E-state index contributed by atoms with van der Waals surface area (Å²) in [6.07, 6.45) is 4.81. The monoisotopic (exact) mass is 359 g/mol. The molecular weight excluding hydrogens is 330 g/mol. The summed E-state index contributed by atoms with van der Waals surface area (Å²) in [6, 6.07) is 8.42. The van der Waals surface area contributed by atoms with Gasteiger partial charge in [0.25, 0.3) is 0 Å². The van der Waals surface area contributed by atoms with Crippen molar-refractivity contribution >= 4 is 17.0 Å². The number of hydrogen-bond acceptors (Lipinski definition) is 5. The Morgan fingerprint density at radius 3 is 2.72 bits per heavy atom. The van der Waals surface area contributed by atoms with Crippen LogP contribution in [0.4, 0.5) is 5.69 Å². The summed E-state index contributed by atoms with van der Waals surface area (Å²) in [5, 5.41) is 3.54. The fourth-order valence-electron chi connectivity index (χ4n) is 3.27. The molecule has 136 valence electrons. The van der Waals surface area contributed by atoms with Crippen molar-refractivity contribution in [2.45, 2.75) is 39.2 Å². The van der Waals surface area contributed by atoms with Gasteiger partial charge in [0, 0.05) is 43.8 Å². The van der Waals surface area contributed by atoms with Crippen molar-refractivity contribution in [2.24, 2.45) is 0 Å². The van der Waals surface area contributed by atoms with Crippen molar-refractivity contribution in [3.05, 3.63) is 40.3 Å². The van der Waals surface area contributed by atoms with Crippen LogP contribution in [0.1, 0.15) is 36.9 Å². The Morgan fingerprint density at radius 2 is 1.96 bits per heavy atom. The van der Waals surface area contributed by atoms with Crippen LogP contribution in [0.3, 0.4) is 0 Å². The van der Waals surface area contributed by atoms with Crippen molar-refractivity contribution in [3.8, 4) is 5.75 Å². The number of unbranched alkanes of at least 4 members (excludes halogenated alkanes) is 1. The van der Waals surface area contributed by atoms with Crippen LogP contribution in [-0.4, -0.2) is 43.2 Å². The first-order chi connectivity index (χ1) is 12.3. The molecule has 0 radical (unpaired) electrons. The van der Waals surface area contributed by atoms with E-state index in [1.807, 2.05) is 23.5 Å². The summed E-state index contributed by atoms with van der Waals surface area (Å²) >= 11 is 1.82. The van der Waals surface area contributed by atoms with E-state index in [1.165, 1.54) is 35.7 Å². The fraction of sp³-hybridized carbons (Fsp3) is 0.550. The maximum atomic E-state index is 5.26. The van der Waals surface area contributed by atoms with Gasteiger partial charge in [-0.15, -0.1) is 11.3 Å². The van der Waals surface area contributed by atoms with E-state index in [1.54, 1.807) is 7.11 Å². The van der Waals surface area contributed by atoms with Crippen LogP contribution in [0.5, 0.6) is 5.75 Å². The lowest BCUT2D eigenvalue weighted by atomic mass is 10.2. The average Bonchev–Trinajstić information content (AvgIpc) is 2.96. The lowest BCUT2D eigenvalue weighted by molar-refractivity contribution is 0.282. The second-order valence-corrected chi connectivity index (χ2v) is 7.59. The molecule has 1 saturated heterocycles. The second-order valence-electron chi connectivity index (χ2n) is 6.65. The van der Waals surface area contributed by atoms with Crippen molar-refractivity contribution < 1.29 is 4.74 Å². The summed E-state index contributed by atoms with van der Waals surface area (Å²) < 4.78 is 5.26. The van der Waals surface area contributed by atoms with Gasteiger partial charge in [0.2, 0.25) is 0 Å². The topological polar surface area (TPSA) is 28.6 Å². The summed E-state index contributed by atoms with van der Waals surface area (Å²) in [5.74, 6) is 0.919. The third kappa shape index (κ3) is 5.19. The van der Waals surface area contributed by atoms with E-state index in [2.05, 4.69) is 34.2 Å². The van der Waals surface area contributed by atoms with Crippen LogP contribution in [-0.2, 0) is 13.0 Å². The molecule has 0 atom stereocenters. The standard InChI is InChI=1S/C20H29N3OS/c1-3-4-6-20-21-17(16-25-20)15-22-11-5-12-23(14-13-22)18-7-9-19(24-2)10-8-18/h7-10,16H,3-6,11-15H2,1-2H3. The van der Waals surface area contributed by atoms with Crippen LogP contribution >= 0.6 is 11.3 Å². The molecule has 0 N–H and O–H groups in total. The number of benzene rings is 1. The Labute approximate surface area is 155 Å². The number of rotatable bonds is 7. The van der Waals surface area contributed by atoms with Gasteiger partial charge in [-0.1, -0.05) is 13.3 Å². The summed E-state index contributed by atoms with van der Waals surface area (Å²) in [6.45, 7) is 7.64. The van der Waals surface area contributed by atoms with E-state index in [4.69, 9.17) is 9.72 Å². The van der Waals surface area contributed by atoms with Crippen molar-refractivity contribution in [3.63, 3.8) is 0 Å². The molecule has 1 aliphatic rings. The van der Waals surface area contributed by atoms with Gasteiger partial charge in [-0.25, -0.2) is 4.98 Å². The molecule has 1 aromatic carbocycles. The van der Waals surface area contributed by atoms with Crippen LogP contribution in [0.25, 0.3) is 0 Å². The molecule has 0 unspecified atom stereocenters. The van der Waals surface area contributed by atoms with Gasteiger partial charge in [0.05, 0.1) is 17.8 Å². The molecule has 0 amide bonds. The molecular formula is C20H29N3OS. The number of thiazole rings is 1. The van der Waals surface area contributed by atoms with Gasteiger partial charge in [-0.3, -0.25) is 4.90 Å². The molecule has 3 rings (SSSR count). The number of nitrogens with zero attached hydrogens (tertiary/aromatic N) is 3. The van der Waals surface area contributed by atoms with E-state index >= 15 is 0 Å². The molecule has 0 spiro atoms. The maximum absolute atomic E-state index is 5.26. The van der Waals surface area contributed by atoms with E-state index in [0.717, 1.165) is 44.9 Å². The quantitative estimate of drug-likeness (QED) is 0.740. The van der Waals surface area contributed by atoms with Gasteiger partial charge in [-0.05, 0) is 43.5 Å². The van der Waals surface area contributed by atoms with Crippen LogP contribution in [0.15, 0.2) is 29.6 Å². The number of aromatic nitrogens is 1. The first-order valence-electron chi connectivity index (χ1n) is 9.33. The average molecular weight is 360 g/mol. The van der Waals surface area contributed by atoms with Crippen LogP contribution < -0.4 is 9.64 Å². The van der Waals surface area contributed by atoms with Gasteiger partial charge in [0.1, 0.15) is 5.75 Å². The van der Waals surface area contributed by atoms with E-state index < -0.39 is 0 Å². The molecule has 4 nitrogen and oxygen atoms in total. The number of ether oxygens (including phenoxy) is 1. The number of aryl methyl sites for hydroxylation is 1. The van der Waals surface area contributed by atoms with Crippen LogP contribution in [0, 0.1) is 0 Å². The highest BCUT2D eigenvalue weighted by molar-refractivity contribution is 7.09. The highest BCUT2D eigenvalue weighted by Crippen LogP contribution is 2.21. The third-order valence-electron chi connectivity index (χ3n) is 4.76. The third-order valence-corrected chi connectivity index (χ3v) is 5.71. The molecule has 0 saturated carbocycles. The minimum atomic E-state index is 0.919. The second kappa shape index (κ2) is 9.20. The number of hydrogen-bond donors (Lipinski definition) is 0. The molecule has 0 aliphatic carbocycles. The summed E-state index contributed by atoms with van der Waals surface area (Å²) in [4.78, 5) is 9.84.